The maximum Gasteiger partial charge on any atom is 0.135 e. The molecule has 0 aliphatic heterocycles. The molecule has 1 unspecified atom stereocenters. The van der Waals surface area contributed by atoms with Gasteiger partial charge in [-0.15, -0.1) is 0 Å². The van der Waals surface area contributed by atoms with E-state index >= 15 is 0 Å². The largest absolute Gasteiger partial charge is 0.299 e. The van der Waals surface area contributed by atoms with Gasteiger partial charge in [-0.25, -0.2) is 0 Å². The van der Waals surface area contributed by atoms with Gasteiger partial charge in [0.05, 0.1) is 0 Å². The molecule has 0 fully saturated rings. The Morgan fingerprint density at radius 3 is 1.64 bits per heavy atom. The Balaban J connectivity index is 4.79. The summed E-state index contributed by atoms with van der Waals surface area (Å²) in [5.41, 5.74) is -0.744. The van der Waals surface area contributed by atoms with Crippen LogP contribution in [-0.2, 0) is 9.59 Å². The molecule has 0 aromatic heterocycles. The quantitative estimate of drug-likeness (QED) is 0.680. The zero-order chi connectivity index (χ0) is 11.6. The number of rotatable bonds is 5. The molecule has 82 valence electrons. The van der Waals surface area contributed by atoms with Crippen LogP contribution >= 0.6 is 0 Å². The molecule has 2 nitrogen and oxygen atoms in total. The maximum atomic E-state index is 11.5. The number of carbonyl (C=O) groups excluding carboxylic acids is 2. The molecule has 0 rings (SSSR count). The third-order valence-corrected chi connectivity index (χ3v) is 3.42. The molecule has 1 atom stereocenters. The van der Waals surface area contributed by atoms with Gasteiger partial charge in [-0.1, -0.05) is 27.7 Å². The van der Waals surface area contributed by atoms with E-state index in [1.807, 2.05) is 27.7 Å². The number of hydrogen-bond acceptors (Lipinski definition) is 2. The van der Waals surface area contributed by atoms with Crippen LogP contribution in [0, 0.1) is 10.8 Å². The van der Waals surface area contributed by atoms with Crippen LogP contribution in [0.25, 0.3) is 0 Å². The van der Waals surface area contributed by atoms with Crippen molar-refractivity contribution in [2.24, 2.45) is 10.8 Å². The molecule has 0 heterocycles. The average Bonchev–Trinajstić information content (AvgIpc) is 2.02. The van der Waals surface area contributed by atoms with Crippen molar-refractivity contribution in [1.82, 2.24) is 0 Å². The summed E-state index contributed by atoms with van der Waals surface area (Å²) in [6.45, 7) is 11.0. The van der Waals surface area contributed by atoms with Crippen molar-refractivity contribution in [2.45, 2.75) is 54.4 Å². The lowest BCUT2D eigenvalue weighted by molar-refractivity contribution is -0.132. The van der Waals surface area contributed by atoms with Crippen LogP contribution in [0.2, 0.25) is 0 Å². The molecule has 0 radical (unpaired) electrons. The first-order valence-electron chi connectivity index (χ1n) is 5.18. The molecule has 0 aromatic rings. The summed E-state index contributed by atoms with van der Waals surface area (Å²) >= 11 is 0. The summed E-state index contributed by atoms with van der Waals surface area (Å²) in [5.74, 6) is 0.327. The van der Waals surface area contributed by atoms with Crippen LogP contribution in [0.3, 0.4) is 0 Å². The summed E-state index contributed by atoms with van der Waals surface area (Å²) < 4.78 is 0. The Bertz CT molecular complexity index is 241. The second kappa shape index (κ2) is 4.24. The smallest absolute Gasteiger partial charge is 0.135 e. The van der Waals surface area contributed by atoms with Crippen molar-refractivity contribution in [2.75, 3.05) is 0 Å². The van der Waals surface area contributed by atoms with Crippen LogP contribution < -0.4 is 0 Å². The Morgan fingerprint density at radius 2 is 1.43 bits per heavy atom. The summed E-state index contributed by atoms with van der Waals surface area (Å²) in [7, 11) is 0. The van der Waals surface area contributed by atoms with E-state index in [1.54, 1.807) is 13.8 Å². The van der Waals surface area contributed by atoms with Crippen molar-refractivity contribution in [3.05, 3.63) is 0 Å². The molecule has 0 amide bonds. The maximum absolute atomic E-state index is 11.5. The molecule has 0 aliphatic carbocycles. The molecule has 0 spiro atoms. The lowest BCUT2D eigenvalue weighted by atomic mass is 9.69. The Hall–Kier alpha value is -0.660. The van der Waals surface area contributed by atoms with Gasteiger partial charge in [0.15, 0.2) is 0 Å². The second-order valence-electron chi connectivity index (χ2n) is 5.09. The van der Waals surface area contributed by atoms with Crippen molar-refractivity contribution < 1.29 is 9.59 Å². The Kier molecular flexibility index (Phi) is 4.04. The van der Waals surface area contributed by atoms with Crippen LogP contribution in [0.5, 0.6) is 0 Å². The predicted molar refractivity (Wildman–Crippen MR) is 58.2 cm³/mol. The molecule has 0 bridgehead atoms. The SMILES string of the molecule is CCC(C)(CC(C)(C)C(C)=O)C(C)=O. The fourth-order valence-electron chi connectivity index (χ4n) is 1.60. The van der Waals surface area contributed by atoms with E-state index in [-0.39, 0.29) is 17.0 Å². The van der Waals surface area contributed by atoms with Gasteiger partial charge in [-0.05, 0) is 26.7 Å². The second-order valence-corrected chi connectivity index (χ2v) is 5.09. The lowest BCUT2D eigenvalue weighted by Crippen LogP contribution is -2.34. The van der Waals surface area contributed by atoms with Crippen LogP contribution in [-0.4, -0.2) is 11.6 Å². The molecule has 0 saturated carbocycles. The first-order valence-corrected chi connectivity index (χ1v) is 5.18. The number of ketones is 2. The van der Waals surface area contributed by atoms with Crippen LogP contribution in [0.15, 0.2) is 0 Å². The molecular weight excluding hydrogens is 176 g/mol. The predicted octanol–water partition coefficient (Wildman–Crippen LogP) is 3.00. The van der Waals surface area contributed by atoms with E-state index in [1.165, 1.54) is 0 Å². The van der Waals surface area contributed by atoms with Gasteiger partial charge >= 0.3 is 0 Å². The fourth-order valence-corrected chi connectivity index (χ4v) is 1.60. The normalized spacial score (nSPS) is 16.1. The minimum Gasteiger partial charge on any atom is -0.299 e. The van der Waals surface area contributed by atoms with E-state index in [9.17, 15) is 9.59 Å². The van der Waals surface area contributed by atoms with E-state index in [0.29, 0.717) is 6.42 Å². The molecule has 2 heteroatoms. The van der Waals surface area contributed by atoms with Gasteiger partial charge in [0.1, 0.15) is 11.6 Å². The van der Waals surface area contributed by atoms with Gasteiger partial charge < -0.3 is 0 Å². The van der Waals surface area contributed by atoms with Crippen molar-refractivity contribution in [3.8, 4) is 0 Å². The van der Waals surface area contributed by atoms with E-state index in [4.69, 9.17) is 0 Å². The van der Waals surface area contributed by atoms with Crippen LogP contribution in [0.4, 0.5) is 0 Å². The first-order chi connectivity index (χ1) is 6.15. The standard InChI is InChI=1S/C12H22O2/c1-7-12(6,10(3)14)8-11(4,5)9(2)13/h7-8H2,1-6H3. The van der Waals surface area contributed by atoms with Gasteiger partial charge in [-0.3, -0.25) is 9.59 Å². The topological polar surface area (TPSA) is 34.1 Å². The highest BCUT2D eigenvalue weighted by Crippen LogP contribution is 2.37. The zero-order valence-corrected chi connectivity index (χ0v) is 10.2. The third-order valence-electron chi connectivity index (χ3n) is 3.42. The van der Waals surface area contributed by atoms with Crippen molar-refractivity contribution in [3.63, 3.8) is 0 Å². The van der Waals surface area contributed by atoms with E-state index in [0.717, 1.165) is 6.42 Å². The first kappa shape index (κ1) is 13.3. The number of hydrogen-bond donors (Lipinski definition) is 0. The van der Waals surface area contributed by atoms with Crippen molar-refractivity contribution >= 4 is 11.6 Å². The molecule has 0 aliphatic rings. The van der Waals surface area contributed by atoms with Gasteiger partial charge in [0, 0.05) is 10.8 Å². The van der Waals surface area contributed by atoms with Crippen molar-refractivity contribution in [1.29, 1.82) is 0 Å². The van der Waals surface area contributed by atoms with E-state index < -0.39 is 5.41 Å². The minimum absolute atomic E-state index is 0.151. The van der Waals surface area contributed by atoms with Gasteiger partial charge in [0.25, 0.3) is 0 Å². The zero-order valence-electron chi connectivity index (χ0n) is 10.2. The average molecular weight is 198 g/mol. The highest BCUT2D eigenvalue weighted by atomic mass is 16.1. The molecule has 0 aromatic carbocycles. The number of carbonyl (C=O) groups is 2. The molecule has 0 N–H and O–H groups in total. The van der Waals surface area contributed by atoms with Crippen LogP contribution in [0.1, 0.15) is 54.4 Å². The summed E-state index contributed by atoms with van der Waals surface area (Å²) in [5, 5.41) is 0. The minimum atomic E-state index is -0.392. The third kappa shape index (κ3) is 2.93. The highest BCUT2D eigenvalue weighted by molar-refractivity contribution is 5.85. The lowest BCUT2D eigenvalue weighted by Gasteiger charge is -2.33. The number of Topliss-reactive ketones (excluding diaryl/α,β-unsaturated/α-hetero) is 2. The molecular formula is C12H22O2. The van der Waals surface area contributed by atoms with E-state index in [2.05, 4.69) is 0 Å². The molecule has 0 saturated heterocycles. The fraction of sp³-hybridized carbons (Fsp3) is 0.833. The van der Waals surface area contributed by atoms with Gasteiger partial charge in [-0.2, -0.15) is 0 Å². The summed E-state index contributed by atoms with van der Waals surface area (Å²) in [4.78, 5) is 22.9. The van der Waals surface area contributed by atoms with Gasteiger partial charge in [0.2, 0.25) is 0 Å². The Labute approximate surface area is 87.1 Å². The summed E-state index contributed by atoms with van der Waals surface area (Å²) in [6.07, 6.45) is 1.43. The summed E-state index contributed by atoms with van der Waals surface area (Å²) in [6, 6.07) is 0. The monoisotopic (exact) mass is 198 g/mol. The highest BCUT2D eigenvalue weighted by Gasteiger charge is 2.37. The Morgan fingerprint density at radius 1 is 1.00 bits per heavy atom. The molecule has 14 heavy (non-hydrogen) atoms.